The molecule has 1 aromatic carbocycles. The van der Waals surface area contributed by atoms with Crippen LogP contribution < -0.4 is 0 Å². The molecule has 110 valence electrons. The number of carbonyl (C=O) groups excluding carboxylic acids is 1. The molecule has 1 saturated heterocycles. The van der Waals surface area contributed by atoms with Gasteiger partial charge in [0.25, 0.3) is 0 Å². The van der Waals surface area contributed by atoms with E-state index in [-0.39, 0.29) is 12.3 Å². The molecule has 0 spiro atoms. The van der Waals surface area contributed by atoms with Crippen LogP contribution in [0.25, 0.3) is 0 Å². The molecule has 0 aliphatic carbocycles. The van der Waals surface area contributed by atoms with E-state index in [0.717, 1.165) is 25.9 Å². The fourth-order valence-corrected chi connectivity index (χ4v) is 2.77. The van der Waals surface area contributed by atoms with Crippen LogP contribution in [0.15, 0.2) is 30.3 Å². The second-order valence-electron chi connectivity index (χ2n) is 5.27. The highest BCUT2D eigenvalue weighted by atomic mass is 16.6. The van der Waals surface area contributed by atoms with Gasteiger partial charge in [-0.2, -0.15) is 0 Å². The molecule has 0 bridgehead atoms. The van der Waals surface area contributed by atoms with E-state index in [4.69, 9.17) is 4.74 Å². The van der Waals surface area contributed by atoms with Crippen LogP contribution in [0.2, 0.25) is 0 Å². The van der Waals surface area contributed by atoms with Gasteiger partial charge < -0.3 is 4.74 Å². The van der Waals surface area contributed by atoms with Crippen LogP contribution in [0.5, 0.6) is 0 Å². The molecule has 1 aromatic rings. The first kappa shape index (κ1) is 14.9. The molecule has 0 N–H and O–H groups in total. The number of hydrogen-bond acceptors (Lipinski definition) is 3. The number of likely N-dealkylation sites (tertiary alicyclic amines) is 1. The van der Waals surface area contributed by atoms with Gasteiger partial charge in [0.2, 0.25) is 0 Å². The minimum Gasteiger partial charge on any atom is -0.450 e. The molecule has 0 radical (unpaired) electrons. The van der Waals surface area contributed by atoms with Crippen LogP contribution in [0.3, 0.4) is 0 Å². The predicted octanol–water partition coefficient (Wildman–Crippen LogP) is 3.09. The normalized spacial score (nSPS) is 19.1. The molecule has 1 heterocycles. The van der Waals surface area contributed by atoms with Crippen LogP contribution in [-0.4, -0.2) is 42.3 Å². The largest absolute Gasteiger partial charge is 0.450 e. The number of benzene rings is 1. The molecule has 1 unspecified atom stereocenters. The van der Waals surface area contributed by atoms with Gasteiger partial charge in [-0.15, -0.1) is 0 Å². The molecule has 0 aromatic heterocycles. The van der Waals surface area contributed by atoms with E-state index in [2.05, 4.69) is 24.1 Å². The van der Waals surface area contributed by atoms with E-state index < -0.39 is 0 Å². The summed E-state index contributed by atoms with van der Waals surface area (Å²) >= 11 is 0. The first-order valence-corrected chi connectivity index (χ1v) is 7.40. The first-order valence-electron chi connectivity index (χ1n) is 7.40. The summed E-state index contributed by atoms with van der Waals surface area (Å²) in [5, 5.41) is 0. The Bertz CT molecular complexity index is 422. The van der Waals surface area contributed by atoms with Gasteiger partial charge in [-0.3, -0.25) is 9.80 Å². The third-order valence-electron chi connectivity index (χ3n) is 3.76. The van der Waals surface area contributed by atoms with Crippen molar-refractivity contribution in [2.24, 2.45) is 0 Å². The van der Waals surface area contributed by atoms with Crippen LogP contribution in [0, 0.1) is 0 Å². The minimum atomic E-state index is -0.183. The fraction of sp³-hybridized carbons (Fsp3) is 0.562. The standard InChI is InChI=1S/C16H24N2O2/c1-3-20-16(19)18-12-8-7-11-15(18)17(2)13-14-9-5-4-6-10-14/h4-6,9-10,15H,3,7-8,11-13H2,1-2H3. The van der Waals surface area contributed by atoms with Crippen molar-refractivity contribution >= 4 is 6.09 Å². The highest BCUT2D eigenvalue weighted by molar-refractivity contribution is 5.68. The molecule has 1 aliphatic rings. The number of rotatable bonds is 4. The fourth-order valence-electron chi connectivity index (χ4n) is 2.77. The van der Waals surface area contributed by atoms with E-state index in [0.29, 0.717) is 6.61 Å². The third kappa shape index (κ3) is 3.73. The van der Waals surface area contributed by atoms with Crippen molar-refractivity contribution in [2.45, 2.75) is 38.9 Å². The summed E-state index contributed by atoms with van der Waals surface area (Å²) in [4.78, 5) is 16.2. The van der Waals surface area contributed by atoms with Gasteiger partial charge in [0.15, 0.2) is 0 Å². The monoisotopic (exact) mass is 276 g/mol. The molecule has 0 saturated carbocycles. The second-order valence-corrected chi connectivity index (χ2v) is 5.27. The van der Waals surface area contributed by atoms with E-state index in [1.54, 1.807) is 0 Å². The van der Waals surface area contributed by atoms with E-state index in [1.165, 1.54) is 12.0 Å². The Kier molecular flexibility index (Phi) is 5.41. The van der Waals surface area contributed by atoms with E-state index >= 15 is 0 Å². The van der Waals surface area contributed by atoms with Crippen LogP contribution in [-0.2, 0) is 11.3 Å². The maximum absolute atomic E-state index is 12.0. The Balaban J connectivity index is 2.01. The lowest BCUT2D eigenvalue weighted by atomic mass is 10.1. The van der Waals surface area contributed by atoms with Gasteiger partial charge in [0, 0.05) is 13.1 Å². The quantitative estimate of drug-likeness (QED) is 0.847. The van der Waals surface area contributed by atoms with Crippen molar-refractivity contribution in [3.05, 3.63) is 35.9 Å². The minimum absolute atomic E-state index is 0.142. The molecular formula is C16H24N2O2. The average molecular weight is 276 g/mol. The smallest absolute Gasteiger partial charge is 0.411 e. The van der Waals surface area contributed by atoms with Crippen LogP contribution in [0.4, 0.5) is 4.79 Å². The maximum atomic E-state index is 12.0. The zero-order valence-electron chi connectivity index (χ0n) is 12.4. The van der Waals surface area contributed by atoms with Crippen molar-refractivity contribution in [1.29, 1.82) is 0 Å². The van der Waals surface area contributed by atoms with Crippen molar-refractivity contribution in [3.63, 3.8) is 0 Å². The number of piperidine rings is 1. The Morgan fingerprint density at radius 3 is 2.80 bits per heavy atom. The van der Waals surface area contributed by atoms with Crippen molar-refractivity contribution in [3.8, 4) is 0 Å². The maximum Gasteiger partial charge on any atom is 0.411 e. The number of nitrogens with zero attached hydrogens (tertiary/aromatic N) is 2. The highest BCUT2D eigenvalue weighted by Gasteiger charge is 2.30. The SMILES string of the molecule is CCOC(=O)N1CCCCC1N(C)Cc1ccccc1. The van der Waals surface area contributed by atoms with Gasteiger partial charge in [0.05, 0.1) is 12.8 Å². The Hall–Kier alpha value is -1.55. The van der Waals surface area contributed by atoms with Gasteiger partial charge in [-0.1, -0.05) is 30.3 Å². The molecule has 2 rings (SSSR count). The summed E-state index contributed by atoms with van der Waals surface area (Å²) < 4.78 is 5.17. The molecule has 4 heteroatoms. The predicted molar refractivity (Wildman–Crippen MR) is 79.3 cm³/mol. The van der Waals surface area contributed by atoms with Crippen molar-refractivity contribution in [1.82, 2.24) is 9.80 Å². The van der Waals surface area contributed by atoms with Gasteiger partial charge in [-0.25, -0.2) is 4.79 Å². The number of amides is 1. The Morgan fingerprint density at radius 2 is 2.10 bits per heavy atom. The number of carbonyl (C=O) groups is 1. The molecule has 1 fully saturated rings. The summed E-state index contributed by atoms with van der Waals surface area (Å²) in [6, 6.07) is 10.4. The average Bonchev–Trinajstić information content (AvgIpc) is 2.48. The van der Waals surface area contributed by atoms with Gasteiger partial charge in [-0.05, 0) is 38.8 Å². The topological polar surface area (TPSA) is 32.8 Å². The summed E-state index contributed by atoms with van der Waals surface area (Å²) in [5.41, 5.74) is 1.27. The number of ether oxygens (including phenoxy) is 1. The zero-order valence-corrected chi connectivity index (χ0v) is 12.4. The summed E-state index contributed by atoms with van der Waals surface area (Å²) in [6.45, 7) is 3.93. The summed E-state index contributed by atoms with van der Waals surface area (Å²) in [6.07, 6.45) is 3.20. The molecule has 4 nitrogen and oxygen atoms in total. The summed E-state index contributed by atoms with van der Waals surface area (Å²) in [7, 11) is 2.08. The lowest BCUT2D eigenvalue weighted by Gasteiger charge is -2.40. The molecular weight excluding hydrogens is 252 g/mol. The summed E-state index contributed by atoms with van der Waals surface area (Å²) in [5.74, 6) is 0. The highest BCUT2D eigenvalue weighted by Crippen LogP contribution is 2.21. The van der Waals surface area contributed by atoms with Crippen LogP contribution in [0.1, 0.15) is 31.7 Å². The van der Waals surface area contributed by atoms with Crippen molar-refractivity contribution < 1.29 is 9.53 Å². The van der Waals surface area contributed by atoms with Crippen molar-refractivity contribution in [2.75, 3.05) is 20.2 Å². The van der Waals surface area contributed by atoms with Crippen LogP contribution >= 0.6 is 0 Å². The molecule has 1 amide bonds. The third-order valence-corrected chi connectivity index (χ3v) is 3.76. The van der Waals surface area contributed by atoms with Gasteiger partial charge >= 0.3 is 6.09 Å². The van der Waals surface area contributed by atoms with E-state index in [1.807, 2.05) is 30.0 Å². The lowest BCUT2D eigenvalue weighted by molar-refractivity contribution is 0.0163. The molecule has 20 heavy (non-hydrogen) atoms. The molecule has 1 aliphatic heterocycles. The first-order chi connectivity index (χ1) is 9.72. The Morgan fingerprint density at radius 1 is 1.35 bits per heavy atom. The Labute approximate surface area is 121 Å². The zero-order chi connectivity index (χ0) is 14.4. The second kappa shape index (κ2) is 7.29. The van der Waals surface area contributed by atoms with E-state index in [9.17, 15) is 4.79 Å². The molecule has 1 atom stereocenters. The number of hydrogen-bond donors (Lipinski definition) is 0. The lowest BCUT2D eigenvalue weighted by Crippen LogP contribution is -2.51. The van der Waals surface area contributed by atoms with Gasteiger partial charge in [0.1, 0.15) is 0 Å².